The second-order valence-electron chi connectivity index (χ2n) is 4.29. The molecule has 0 N–H and O–H groups in total. The highest BCUT2D eigenvalue weighted by atomic mass is 19.4. The quantitative estimate of drug-likeness (QED) is 0.690. The summed E-state index contributed by atoms with van der Waals surface area (Å²) in [6.07, 6.45) is -3.07. The molecule has 7 heteroatoms. The molecule has 0 aliphatic heterocycles. The lowest BCUT2D eigenvalue weighted by molar-refractivity contribution is -0.141. The Bertz CT molecular complexity index is 859. The molecule has 2 heterocycles. The number of alkyl halides is 3. The zero-order chi connectivity index (χ0) is 15.0. The van der Waals surface area contributed by atoms with E-state index < -0.39 is 11.9 Å². The summed E-state index contributed by atoms with van der Waals surface area (Å²) in [5.74, 6) is -0.131. The van der Waals surface area contributed by atoms with Crippen LogP contribution in [0.3, 0.4) is 0 Å². The molecular weight excluding hydrogens is 281 g/mol. The highest BCUT2D eigenvalue weighted by molar-refractivity contribution is 5.80. The molecule has 104 valence electrons. The molecule has 0 atom stereocenters. The van der Waals surface area contributed by atoms with Crippen molar-refractivity contribution in [2.75, 3.05) is 0 Å². The second kappa shape index (κ2) is 4.59. The van der Waals surface area contributed by atoms with E-state index in [9.17, 15) is 13.2 Å². The Morgan fingerprint density at radius 3 is 2.57 bits per heavy atom. The first-order valence-corrected chi connectivity index (χ1v) is 5.92. The third-order valence-electron chi connectivity index (χ3n) is 2.96. The number of pyridine rings is 1. The molecule has 4 nitrogen and oxygen atoms in total. The number of rotatable bonds is 1. The Balaban J connectivity index is 2.28. The van der Waals surface area contributed by atoms with E-state index in [0.717, 1.165) is 17.5 Å². The van der Waals surface area contributed by atoms with E-state index in [0.29, 0.717) is 5.52 Å². The lowest BCUT2D eigenvalue weighted by Crippen LogP contribution is -2.12. The lowest BCUT2D eigenvalue weighted by Gasteiger charge is -2.10. The van der Waals surface area contributed by atoms with E-state index in [4.69, 9.17) is 5.26 Å². The van der Waals surface area contributed by atoms with Crippen molar-refractivity contribution in [2.45, 2.75) is 6.18 Å². The number of benzene rings is 1. The maximum absolute atomic E-state index is 12.8. The van der Waals surface area contributed by atoms with E-state index in [2.05, 4.69) is 10.1 Å². The molecule has 0 amide bonds. The van der Waals surface area contributed by atoms with Crippen LogP contribution in [0.15, 0.2) is 42.6 Å². The first kappa shape index (κ1) is 13.1. The minimum atomic E-state index is -4.58. The number of nitriles is 1. The van der Waals surface area contributed by atoms with Crippen molar-refractivity contribution < 1.29 is 13.2 Å². The summed E-state index contributed by atoms with van der Waals surface area (Å²) in [6.45, 7) is 0. The fourth-order valence-corrected chi connectivity index (χ4v) is 2.00. The summed E-state index contributed by atoms with van der Waals surface area (Å²) >= 11 is 0. The van der Waals surface area contributed by atoms with Crippen molar-refractivity contribution in [2.24, 2.45) is 0 Å². The third kappa shape index (κ3) is 2.21. The molecule has 0 radical (unpaired) electrons. The summed E-state index contributed by atoms with van der Waals surface area (Å²) in [7, 11) is 0. The Morgan fingerprint density at radius 1 is 1.10 bits per heavy atom. The molecule has 0 saturated carbocycles. The fraction of sp³-hybridized carbons (Fsp3) is 0.0714. The summed E-state index contributed by atoms with van der Waals surface area (Å²) in [5, 5.41) is 13.9. The maximum Gasteiger partial charge on any atom is 0.433 e. The maximum atomic E-state index is 12.8. The zero-order valence-electron chi connectivity index (χ0n) is 10.5. The standard InChI is InChI=1S/C14H7F3N4/c15-14(16,17)12-6-5-9(7-18)13(20-12)21-11-4-2-1-3-10(11)8-19-21/h1-6,8H. The molecule has 3 rings (SSSR count). The van der Waals surface area contributed by atoms with Gasteiger partial charge in [0.15, 0.2) is 5.82 Å². The van der Waals surface area contributed by atoms with Gasteiger partial charge in [0.05, 0.1) is 17.3 Å². The summed E-state index contributed by atoms with van der Waals surface area (Å²) in [6, 6.07) is 10.7. The molecule has 0 aliphatic carbocycles. The molecular formula is C14H7F3N4. The summed E-state index contributed by atoms with van der Waals surface area (Å²) < 4.78 is 39.6. The second-order valence-corrected chi connectivity index (χ2v) is 4.29. The van der Waals surface area contributed by atoms with Crippen LogP contribution in [-0.4, -0.2) is 14.8 Å². The van der Waals surface area contributed by atoms with Gasteiger partial charge in [0.2, 0.25) is 0 Å². The average Bonchev–Trinajstić information content (AvgIpc) is 2.89. The van der Waals surface area contributed by atoms with Gasteiger partial charge in [-0.05, 0) is 18.2 Å². The van der Waals surface area contributed by atoms with Crippen LogP contribution < -0.4 is 0 Å². The average molecular weight is 288 g/mol. The van der Waals surface area contributed by atoms with Crippen molar-refractivity contribution in [3.63, 3.8) is 0 Å². The zero-order valence-corrected chi connectivity index (χ0v) is 10.5. The molecule has 0 unspecified atom stereocenters. The molecule has 21 heavy (non-hydrogen) atoms. The lowest BCUT2D eigenvalue weighted by atomic mass is 10.2. The van der Waals surface area contributed by atoms with Gasteiger partial charge in [0.1, 0.15) is 11.8 Å². The SMILES string of the molecule is N#Cc1ccc(C(F)(F)F)nc1-n1ncc2ccccc21. The fourth-order valence-electron chi connectivity index (χ4n) is 2.00. The Hall–Kier alpha value is -2.88. The third-order valence-corrected chi connectivity index (χ3v) is 2.96. The van der Waals surface area contributed by atoms with Crippen LogP contribution in [-0.2, 0) is 6.18 Å². The molecule has 0 aliphatic rings. The van der Waals surface area contributed by atoms with Crippen LogP contribution in [0.25, 0.3) is 16.7 Å². The summed E-state index contributed by atoms with van der Waals surface area (Å²) in [4.78, 5) is 3.56. The molecule has 1 aromatic carbocycles. The number of fused-ring (bicyclic) bond motifs is 1. The van der Waals surface area contributed by atoms with Gasteiger partial charge in [0, 0.05) is 5.39 Å². The van der Waals surface area contributed by atoms with Crippen molar-refractivity contribution >= 4 is 10.9 Å². The Labute approximate surface area is 117 Å². The normalized spacial score (nSPS) is 11.5. The molecule has 0 saturated heterocycles. The minimum Gasteiger partial charge on any atom is -0.223 e. The van der Waals surface area contributed by atoms with Crippen LogP contribution in [0.1, 0.15) is 11.3 Å². The highest BCUT2D eigenvalue weighted by Gasteiger charge is 2.33. The van der Waals surface area contributed by atoms with E-state index in [1.165, 1.54) is 10.9 Å². The van der Waals surface area contributed by atoms with Crippen molar-refractivity contribution in [3.8, 4) is 11.9 Å². The molecule has 2 aromatic heterocycles. The van der Waals surface area contributed by atoms with Crippen LogP contribution in [0.4, 0.5) is 13.2 Å². The van der Waals surface area contributed by atoms with Crippen molar-refractivity contribution in [1.82, 2.24) is 14.8 Å². The van der Waals surface area contributed by atoms with Gasteiger partial charge in [-0.1, -0.05) is 18.2 Å². The van der Waals surface area contributed by atoms with E-state index >= 15 is 0 Å². The first-order chi connectivity index (χ1) is 10.0. The Kier molecular flexibility index (Phi) is 2.87. The summed E-state index contributed by atoms with van der Waals surface area (Å²) in [5.41, 5.74) is -0.450. The number of halogens is 3. The van der Waals surface area contributed by atoms with Crippen LogP contribution >= 0.6 is 0 Å². The van der Waals surface area contributed by atoms with Crippen LogP contribution in [0.2, 0.25) is 0 Å². The van der Waals surface area contributed by atoms with E-state index in [-0.39, 0.29) is 11.4 Å². The van der Waals surface area contributed by atoms with E-state index in [1.807, 2.05) is 6.07 Å². The van der Waals surface area contributed by atoms with Crippen molar-refractivity contribution in [1.29, 1.82) is 5.26 Å². The van der Waals surface area contributed by atoms with Crippen LogP contribution in [0.5, 0.6) is 0 Å². The number of hydrogen-bond acceptors (Lipinski definition) is 3. The predicted octanol–water partition coefficient (Wildman–Crippen LogP) is 3.31. The number of aromatic nitrogens is 3. The number of nitrogens with zero attached hydrogens (tertiary/aromatic N) is 4. The molecule has 0 bridgehead atoms. The number of para-hydroxylation sites is 1. The van der Waals surface area contributed by atoms with Gasteiger partial charge in [-0.25, -0.2) is 9.67 Å². The predicted molar refractivity (Wildman–Crippen MR) is 68.6 cm³/mol. The monoisotopic (exact) mass is 288 g/mol. The van der Waals surface area contributed by atoms with Gasteiger partial charge in [0.25, 0.3) is 0 Å². The van der Waals surface area contributed by atoms with Crippen molar-refractivity contribution in [3.05, 3.63) is 53.9 Å². The topological polar surface area (TPSA) is 54.5 Å². The molecule has 0 fully saturated rings. The van der Waals surface area contributed by atoms with Gasteiger partial charge in [-0.3, -0.25) is 0 Å². The minimum absolute atomic E-state index is 0.0249. The first-order valence-electron chi connectivity index (χ1n) is 5.92. The van der Waals surface area contributed by atoms with Crippen LogP contribution in [0, 0.1) is 11.3 Å². The van der Waals surface area contributed by atoms with Gasteiger partial charge in [-0.2, -0.15) is 23.5 Å². The van der Waals surface area contributed by atoms with Gasteiger partial charge in [-0.15, -0.1) is 0 Å². The largest absolute Gasteiger partial charge is 0.433 e. The smallest absolute Gasteiger partial charge is 0.223 e. The van der Waals surface area contributed by atoms with E-state index in [1.54, 1.807) is 24.3 Å². The molecule has 0 spiro atoms. The Morgan fingerprint density at radius 2 is 1.86 bits per heavy atom. The van der Waals surface area contributed by atoms with Gasteiger partial charge < -0.3 is 0 Å². The van der Waals surface area contributed by atoms with Gasteiger partial charge >= 0.3 is 6.18 Å². The highest BCUT2D eigenvalue weighted by Crippen LogP contribution is 2.29. The molecule has 3 aromatic rings. The number of hydrogen-bond donors (Lipinski definition) is 0.